The fourth-order valence-electron chi connectivity index (χ4n) is 0.498. The first kappa shape index (κ1) is 9.33. The number of amides is 1. The summed E-state index contributed by atoms with van der Waals surface area (Å²) in [7, 11) is 0. The molecule has 0 saturated carbocycles. The largest absolute Gasteiger partial charge is 0.287 e. The van der Waals surface area contributed by atoms with E-state index in [-0.39, 0.29) is 10.2 Å². The van der Waals surface area contributed by atoms with Crippen LogP contribution in [-0.2, 0) is 4.79 Å². The second-order valence-corrected chi connectivity index (χ2v) is 3.97. The normalized spacial score (nSPS) is 22.7. The van der Waals surface area contributed by atoms with Crippen LogP contribution in [0.15, 0.2) is 16.1 Å². The van der Waals surface area contributed by atoms with Crippen LogP contribution in [0.1, 0.15) is 0 Å². The van der Waals surface area contributed by atoms with E-state index in [1.807, 2.05) is 0 Å². The molecule has 11 heavy (non-hydrogen) atoms. The van der Waals surface area contributed by atoms with Crippen molar-refractivity contribution in [1.29, 1.82) is 0 Å². The highest BCUT2D eigenvalue weighted by atomic mass is 35.5. The Bertz CT molecular complexity index is 268. The van der Waals surface area contributed by atoms with Gasteiger partial charge in [-0.15, -0.1) is 0 Å². The molecule has 1 aliphatic heterocycles. The average molecular weight is 233 g/mol. The van der Waals surface area contributed by atoms with Gasteiger partial charge >= 0.3 is 0 Å². The van der Waals surface area contributed by atoms with E-state index in [2.05, 4.69) is 4.99 Å². The number of rotatable bonds is 0. The fraction of sp³-hybridized carbons (Fsp3) is 0.200. The molecule has 0 fully saturated rings. The smallest absolute Gasteiger partial charge is 0.269 e. The van der Waals surface area contributed by atoms with Crippen molar-refractivity contribution in [2.75, 3.05) is 0 Å². The van der Waals surface area contributed by atoms with E-state index in [0.717, 1.165) is 6.08 Å². The monoisotopic (exact) mass is 231 g/mol. The van der Waals surface area contributed by atoms with Crippen molar-refractivity contribution < 1.29 is 4.79 Å². The van der Waals surface area contributed by atoms with Crippen molar-refractivity contribution in [3.63, 3.8) is 0 Å². The van der Waals surface area contributed by atoms with E-state index in [4.69, 9.17) is 46.4 Å². The number of carbonyl (C=O) groups excluding carboxylic acids is 1. The topological polar surface area (TPSA) is 29.4 Å². The van der Waals surface area contributed by atoms with E-state index >= 15 is 0 Å². The number of hydrogen-bond acceptors (Lipinski definition) is 1. The lowest BCUT2D eigenvalue weighted by Gasteiger charge is -2.14. The summed E-state index contributed by atoms with van der Waals surface area (Å²) in [6, 6.07) is 0. The van der Waals surface area contributed by atoms with Crippen molar-refractivity contribution in [3.05, 3.63) is 11.1 Å². The summed E-state index contributed by atoms with van der Waals surface area (Å²) in [4.78, 5) is 14.1. The van der Waals surface area contributed by atoms with Gasteiger partial charge in [-0.2, -0.15) is 4.99 Å². The first-order chi connectivity index (χ1) is 4.93. The quantitative estimate of drug-likeness (QED) is 0.590. The second kappa shape index (κ2) is 2.94. The van der Waals surface area contributed by atoms with Gasteiger partial charge < -0.3 is 0 Å². The highest BCUT2D eigenvalue weighted by molar-refractivity contribution is 6.78. The summed E-state index contributed by atoms with van der Waals surface area (Å²) in [5.74, 6) is -0.727. The molecular weight excluding hydrogens is 232 g/mol. The minimum atomic E-state index is -1.67. The number of carbonyl (C=O) groups is 1. The van der Waals surface area contributed by atoms with Gasteiger partial charge in [-0.1, -0.05) is 46.4 Å². The summed E-state index contributed by atoms with van der Waals surface area (Å²) in [6.45, 7) is 0. The molecule has 0 aromatic carbocycles. The van der Waals surface area contributed by atoms with Gasteiger partial charge in [0.1, 0.15) is 0 Å². The Labute approximate surface area is 82.8 Å². The molecule has 0 aromatic heterocycles. The Hall–Kier alpha value is 0.240. The molecule has 0 atom stereocenters. The van der Waals surface area contributed by atoms with Crippen molar-refractivity contribution in [2.24, 2.45) is 4.99 Å². The summed E-state index contributed by atoms with van der Waals surface area (Å²) in [5, 5.41) is -0.00939. The Morgan fingerprint density at radius 2 is 1.91 bits per heavy atom. The molecule has 0 bridgehead atoms. The number of alkyl halides is 2. The maximum Gasteiger partial charge on any atom is 0.287 e. The molecule has 6 heteroatoms. The molecule has 1 heterocycles. The maximum atomic E-state index is 10.8. The molecule has 60 valence electrons. The van der Waals surface area contributed by atoms with Gasteiger partial charge in [-0.25, -0.2) is 0 Å². The third-order valence-corrected chi connectivity index (χ3v) is 2.20. The Kier molecular flexibility index (Phi) is 2.49. The molecule has 1 amide bonds. The standard InChI is InChI=1S/C5HCl4NO/c6-2-1-5(8,9)4(11)10-3(2)7/h1H. The molecule has 1 aliphatic rings. The molecule has 0 radical (unpaired) electrons. The third-order valence-electron chi connectivity index (χ3n) is 0.990. The summed E-state index contributed by atoms with van der Waals surface area (Å²) >= 11 is 21.8. The van der Waals surface area contributed by atoms with Gasteiger partial charge in [0.2, 0.25) is 4.33 Å². The van der Waals surface area contributed by atoms with Gasteiger partial charge in [0.15, 0.2) is 5.17 Å². The van der Waals surface area contributed by atoms with Crippen molar-refractivity contribution in [3.8, 4) is 0 Å². The first-order valence-corrected chi connectivity index (χ1v) is 4.00. The molecule has 1 rings (SSSR count). The van der Waals surface area contributed by atoms with Crippen LogP contribution in [0.4, 0.5) is 0 Å². The molecule has 0 N–H and O–H groups in total. The van der Waals surface area contributed by atoms with Crippen molar-refractivity contribution >= 4 is 57.5 Å². The lowest BCUT2D eigenvalue weighted by atomic mass is 10.3. The van der Waals surface area contributed by atoms with Crippen LogP contribution in [-0.4, -0.2) is 15.4 Å². The predicted molar refractivity (Wildman–Crippen MR) is 46.7 cm³/mol. The lowest BCUT2D eigenvalue weighted by molar-refractivity contribution is -0.117. The lowest BCUT2D eigenvalue weighted by Crippen LogP contribution is -2.26. The van der Waals surface area contributed by atoms with E-state index in [1.165, 1.54) is 0 Å². The molecular formula is C5HCl4NO. The van der Waals surface area contributed by atoms with Crippen molar-refractivity contribution in [1.82, 2.24) is 0 Å². The number of hydrogen-bond donors (Lipinski definition) is 0. The summed E-state index contributed by atoms with van der Waals surface area (Å²) in [6.07, 6.45) is 1.13. The summed E-state index contributed by atoms with van der Waals surface area (Å²) < 4.78 is -1.67. The molecule has 0 unspecified atom stereocenters. The highest BCUT2D eigenvalue weighted by Crippen LogP contribution is 2.31. The van der Waals surface area contributed by atoms with Gasteiger partial charge in [0.05, 0.1) is 5.03 Å². The van der Waals surface area contributed by atoms with Crippen LogP contribution in [0.5, 0.6) is 0 Å². The van der Waals surface area contributed by atoms with Gasteiger partial charge in [0.25, 0.3) is 5.91 Å². The van der Waals surface area contributed by atoms with Crippen LogP contribution in [0.2, 0.25) is 0 Å². The molecule has 0 spiro atoms. The van der Waals surface area contributed by atoms with Crippen LogP contribution < -0.4 is 0 Å². The molecule has 0 aliphatic carbocycles. The highest BCUT2D eigenvalue weighted by Gasteiger charge is 2.35. The number of nitrogens with zero attached hydrogens (tertiary/aromatic N) is 1. The summed E-state index contributed by atoms with van der Waals surface area (Å²) in [5.41, 5.74) is 0. The van der Waals surface area contributed by atoms with Crippen LogP contribution in [0.25, 0.3) is 0 Å². The Morgan fingerprint density at radius 1 is 1.36 bits per heavy atom. The zero-order chi connectivity index (χ0) is 8.65. The number of dihydropyridines is 1. The first-order valence-electron chi connectivity index (χ1n) is 2.48. The SMILES string of the molecule is O=C1N=C(Cl)C(Cl)=CC1(Cl)Cl. The Balaban J connectivity index is 3.08. The minimum absolute atomic E-state index is 0.0799. The van der Waals surface area contributed by atoms with Crippen LogP contribution >= 0.6 is 46.4 Å². The molecule has 2 nitrogen and oxygen atoms in total. The minimum Gasteiger partial charge on any atom is -0.269 e. The number of allylic oxidation sites excluding steroid dienone is 1. The third kappa shape index (κ3) is 1.88. The van der Waals surface area contributed by atoms with E-state index in [0.29, 0.717) is 0 Å². The van der Waals surface area contributed by atoms with E-state index in [1.54, 1.807) is 0 Å². The van der Waals surface area contributed by atoms with Gasteiger partial charge in [-0.05, 0) is 6.08 Å². The molecule has 0 aromatic rings. The van der Waals surface area contributed by atoms with Crippen LogP contribution in [0, 0.1) is 0 Å². The second-order valence-electron chi connectivity index (χ2n) is 1.82. The number of halogens is 4. The maximum absolute atomic E-state index is 10.8. The Morgan fingerprint density at radius 3 is 2.36 bits per heavy atom. The number of aliphatic imine (C=N–C) groups is 1. The van der Waals surface area contributed by atoms with E-state index < -0.39 is 10.2 Å². The fourth-order valence-corrected chi connectivity index (χ4v) is 1.25. The zero-order valence-electron chi connectivity index (χ0n) is 4.94. The van der Waals surface area contributed by atoms with E-state index in [9.17, 15) is 4.79 Å². The van der Waals surface area contributed by atoms with Gasteiger partial charge in [-0.3, -0.25) is 4.79 Å². The molecule has 0 saturated heterocycles. The average Bonchev–Trinajstić information content (AvgIpc) is 1.83. The predicted octanol–water partition coefficient (Wildman–Crippen LogP) is 2.46. The van der Waals surface area contributed by atoms with Crippen LogP contribution in [0.3, 0.4) is 0 Å². The zero-order valence-corrected chi connectivity index (χ0v) is 7.97. The van der Waals surface area contributed by atoms with Crippen molar-refractivity contribution in [2.45, 2.75) is 4.33 Å². The van der Waals surface area contributed by atoms with Gasteiger partial charge in [0, 0.05) is 0 Å².